The van der Waals surface area contributed by atoms with Gasteiger partial charge in [0.05, 0.1) is 7.11 Å². The highest BCUT2D eigenvalue weighted by atomic mass is 32.1. The second-order valence-corrected chi connectivity index (χ2v) is 4.85. The van der Waals surface area contributed by atoms with E-state index in [1.165, 1.54) is 18.6 Å². The van der Waals surface area contributed by atoms with E-state index >= 15 is 0 Å². The summed E-state index contributed by atoms with van der Waals surface area (Å²) in [6.45, 7) is 2.97. The number of ether oxygens (including phenoxy) is 1. The number of anilines is 1. The lowest BCUT2D eigenvalue weighted by molar-refractivity contribution is -0.141. The van der Waals surface area contributed by atoms with Crippen molar-refractivity contribution in [3.8, 4) is 0 Å². The molecule has 0 N–H and O–H groups in total. The van der Waals surface area contributed by atoms with Crippen LogP contribution in [0.5, 0.6) is 0 Å². The van der Waals surface area contributed by atoms with Crippen LogP contribution < -0.4 is 4.90 Å². The number of esters is 1. The van der Waals surface area contributed by atoms with Crippen LogP contribution in [0.25, 0.3) is 0 Å². The zero-order chi connectivity index (χ0) is 12.3. The number of carbonyl (C=O) groups excluding carboxylic acids is 1. The molecule has 1 atom stereocenters. The van der Waals surface area contributed by atoms with E-state index in [-0.39, 0.29) is 12.0 Å². The fraction of sp³-hybridized carbons (Fsp3) is 0.727. The highest BCUT2D eigenvalue weighted by molar-refractivity contribution is 7.09. The monoisotopic (exact) mass is 255 g/mol. The minimum atomic E-state index is -0.178. The van der Waals surface area contributed by atoms with Gasteiger partial charge in [-0.05, 0) is 19.3 Å². The summed E-state index contributed by atoms with van der Waals surface area (Å²) in [5, 5.41) is 0.848. The average Bonchev–Trinajstić information content (AvgIpc) is 2.95. The van der Waals surface area contributed by atoms with E-state index in [0.717, 1.165) is 43.2 Å². The highest BCUT2D eigenvalue weighted by Gasteiger charge is 2.33. The Kier molecular flexibility index (Phi) is 3.93. The van der Waals surface area contributed by atoms with Crippen LogP contribution in [0, 0.1) is 0 Å². The summed E-state index contributed by atoms with van der Waals surface area (Å²) in [5.41, 5.74) is 0. The molecule has 0 spiro atoms. The summed E-state index contributed by atoms with van der Waals surface area (Å²) in [5.74, 6) is 0.706. The standard InChI is InChI=1S/C11H17N3O2S/c1-3-5-9-12-11(17-13-9)14-7-4-6-8(14)10(15)16-2/h8H,3-7H2,1-2H3. The third kappa shape index (κ3) is 2.57. The number of rotatable bonds is 4. The zero-order valence-electron chi connectivity index (χ0n) is 10.2. The third-order valence-electron chi connectivity index (χ3n) is 2.90. The normalized spacial score (nSPS) is 19.6. The lowest BCUT2D eigenvalue weighted by Crippen LogP contribution is -2.36. The molecule has 17 heavy (non-hydrogen) atoms. The molecule has 0 bridgehead atoms. The summed E-state index contributed by atoms with van der Waals surface area (Å²) in [4.78, 5) is 18.1. The quantitative estimate of drug-likeness (QED) is 0.765. The first-order valence-corrected chi connectivity index (χ1v) is 6.70. The Morgan fingerprint density at radius 3 is 3.18 bits per heavy atom. The summed E-state index contributed by atoms with van der Waals surface area (Å²) in [7, 11) is 1.43. The SMILES string of the molecule is CCCc1nsc(N2CCCC2C(=O)OC)n1. The predicted molar refractivity (Wildman–Crippen MR) is 66.3 cm³/mol. The molecule has 0 amide bonds. The first kappa shape index (κ1) is 12.3. The van der Waals surface area contributed by atoms with Gasteiger partial charge in [0.25, 0.3) is 0 Å². The van der Waals surface area contributed by atoms with Crippen LogP contribution in [0.3, 0.4) is 0 Å². The van der Waals surface area contributed by atoms with E-state index in [4.69, 9.17) is 4.74 Å². The summed E-state index contributed by atoms with van der Waals surface area (Å²) in [6, 6.07) is -0.178. The van der Waals surface area contributed by atoms with Crippen molar-refractivity contribution in [1.29, 1.82) is 0 Å². The summed E-state index contributed by atoms with van der Waals surface area (Å²) < 4.78 is 9.12. The van der Waals surface area contributed by atoms with Crippen LogP contribution in [0.1, 0.15) is 32.0 Å². The van der Waals surface area contributed by atoms with Crippen molar-refractivity contribution in [3.63, 3.8) is 0 Å². The summed E-state index contributed by atoms with van der Waals surface area (Å²) >= 11 is 1.38. The smallest absolute Gasteiger partial charge is 0.328 e. The first-order chi connectivity index (χ1) is 8.26. The van der Waals surface area contributed by atoms with Gasteiger partial charge in [0.15, 0.2) is 0 Å². The lowest BCUT2D eigenvalue weighted by Gasteiger charge is -2.20. The van der Waals surface area contributed by atoms with Gasteiger partial charge in [0.2, 0.25) is 5.13 Å². The molecular weight excluding hydrogens is 238 g/mol. The van der Waals surface area contributed by atoms with Gasteiger partial charge in [-0.25, -0.2) is 9.78 Å². The number of hydrogen-bond donors (Lipinski definition) is 0. The maximum Gasteiger partial charge on any atom is 0.328 e. The van der Waals surface area contributed by atoms with Crippen LogP contribution in [0.4, 0.5) is 5.13 Å². The molecule has 5 nitrogen and oxygen atoms in total. The van der Waals surface area contributed by atoms with Crippen LogP contribution in [0.2, 0.25) is 0 Å². The number of hydrogen-bond acceptors (Lipinski definition) is 6. The number of aryl methyl sites for hydroxylation is 1. The first-order valence-electron chi connectivity index (χ1n) is 5.93. The number of nitrogens with zero attached hydrogens (tertiary/aromatic N) is 3. The maximum atomic E-state index is 11.6. The average molecular weight is 255 g/mol. The van der Waals surface area contributed by atoms with E-state index in [0.29, 0.717) is 0 Å². The fourth-order valence-corrected chi connectivity index (χ4v) is 2.85. The number of aromatic nitrogens is 2. The molecule has 1 aromatic heterocycles. The van der Waals surface area contributed by atoms with Crippen LogP contribution in [-0.2, 0) is 16.0 Å². The van der Waals surface area contributed by atoms with Gasteiger partial charge in [0, 0.05) is 24.5 Å². The van der Waals surface area contributed by atoms with Crippen molar-refractivity contribution in [3.05, 3.63) is 5.82 Å². The molecule has 1 unspecified atom stereocenters. The summed E-state index contributed by atoms with van der Waals surface area (Å²) in [6.07, 6.45) is 3.78. The van der Waals surface area contributed by atoms with Crippen molar-refractivity contribution in [2.24, 2.45) is 0 Å². The van der Waals surface area contributed by atoms with Crippen LogP contribution in [0.15, 0.2) is 0 Å². The van der Waals surface area contributed by atoms with Crippen molar-refractivity contribution >= 4 is 22.6 Å². The molecule has 1 aliphatic heterocycles. The molecule has 1 fully saturated rings. The number of carbonyl (C=O) groups is 1. The Morgan fingerprint density at radius 1 is 1.65 bits per heavy atom. The largest absolute Gasteiger partial charge is 0.467 e. The minimum absolute atomic E-state index is 0.172. The molecule has 0 radical (unpaired) electrons. The predicted octanol–water partition coefficient (Wildman–Crippen LogP) is 1.63. The highest BCUT2D eigenvalue weighted by Crippen LogP contribution is 2.27. The van der Waals surface area contributed by atoms with E-state index in [1.54, 1.807) is 0 Å². The molecule has 1 saturated heterocycles. The van der Waals surface area contributed by atoms with Gasteiger partial charge in [-0.15, -0.1) is 0 Å². The van der Waals surface area contributed by atoms with Gasteiger partial charge in [-0.1, -0.05) is 6.92 Å². The second-order valence-electron chi connectivity index (χ2n) is 4.12. The molecule has 94 valence electrons. The molecule has 1 aromatic rings. The van der Waals surface area contributed by atoms with Gasteiger partial charge in [-0.2, -0.15) is 4.37 Å². The fourth-order valence-electron chi connectivity index (χ4n) is 2.06. The number of methoxy groups -OCH3 is 1. The molecule has 0 aromatic carbocycles. The van der Waals surface area contributed by atoms with Gasteiger partial charge >= 0.3 is 5.97 Å². The second kappa shape index (κ2) is 5.44. The molecule has 1 aliphatic rings. The Balaban J connectivity index is 2.11. The van der Waals surface area contributed by atoms with E-state index in [1.807, 2.05) is 4.90 Å². The van der Waals surface area contributed by atoms with Gasteiger partial charge in [-0.3, -0.25) is 0 Å². The van der Waals surface area contributed by atoms with E-state index in [9.17, 15) is 4.79 Å². The van der Waals surface area contributed by atoms with Crippen molar-refractivity contribution < 1.29 is 9.53 Å². The van der Waals surface area contributed by atoms with E-state index in [2.05, 4.69) is 16.3 Å². The third-order valence-corrected chi connectivity index (χ3v) is 3.69. The Hall–Kier alpha value is -1.17. The van der Waals surface area contributed by atoms with Gasteiger partial charge in [0.1, 0.15) is 11.9 Å². The molecule has 2 heterocycles. The minimum Gasteiger partial charge on any atom is -0.467 e. The van der Waals surface area contributed by atoms with Gasteiger partial charge < -0.3 is 9.64 Å². The topological polar surface area (TPSA) is 55.3 Å². The Labute approximate surface area is 105 Å². The Morgan fingerprint density at radius 2 is 2.47 bits per heavy atom. The van der Waals surface area contributed by atoms with Crippen LogP contribution >= 0.6 is 11.5 Å². The maximum absolute atomic E-state index is 11.6. The molecule has 0 saturated carbocycles. The molecular formula is C11H17N3O2S. The molecule has 2 rings (SSSR count). The van der Waals surface area contributed by atoms with Crippen LogP contribution in [-0.4, -0.2) is 35.0 Å². The van der Waals surface area contributed by atoms with Crippen molar-refractivity contribution in [2.75, 3.05) is 18.6 Å². The van der Waals surface area contributed by atoms with E-state index < -0.39 is 0 Å². The lowest BCUT2D eigenvalue weighted by atomic mass is 10.2. The Bertz CT molecular complexity index is 394. The molecule has 6 heteroatoms. The van der Waals surface area contributed by atoms with Crippen molar-refractivity contribution in [1.82, 2.24) is 9.36 Å². The zero-order valence-corrected chi connectivity index (χ0v) is 11.0. The molecule has 0 aliphatic carbocycles. The van der Waals surface area contributed by atoms with Crippen molar-refractivity contribution in [2.45, 2.75) is 38.6 Å².